The summed E-state index contributed by atoms with van der Waals surface area (Å²) in [7, 11) is 1.59. The molecule has 6 atom stereocenters. The molecule has 0 aromatic heterocycles. The van der Waals surface area contributed by atoms with Crippen LogP contribution >= 0.6 is 0 Å². The van der Waals surface area contributed by atoms with Gasteiger partial charge < -0.3 is 29.0 Å². The van der Waals surface area contributed by atoms with Gasteiger partial charge in [-0.3, -0.25) is 0 Å². The molecule has 3 fully saturated rings. The van der Waals surface area contributed by atoms with Crippen LogP contribution in [-0.2, 0) is 23.7 Å². The first-order valence-electron chi connectivity index (χ1n) is 7.36. The van der Waals surface area contributed by atoms with Crippen molar-refractivity contribution < 1.29 is 28.5 Å². The minimum Gasteiger partial charge on any atom is -0.449 e. The number of nitrogens with one attached hydrogen (secondary N) is 1. The van der Waals surface area contributed by atoms with Crippen molar-refractivity contribution in [1.82, 2.24) is 5.32 Å². The molecule has 0 saturated carbocycles. The summed E-state index contributed by atoms with van der Waals surface area (Å²) >= 11 is 0. The number of fused-ring (bicyclic) bond motifs is 1. The molecule has 0 radical (unpaired) electrons. The average Bonchev–Trinajstić information content (AvgIpc) is 2.92. The number of methoxy groups -OCH3 is 1. The molecule has 7 nitrogen and oxygen atoms in total. The van der Waals surface area contributed by atoms with E-state index in [1.165, 1.54) is 0 Å². The molecule has 0 aliphatic carbocycles. The van der Waals surface area contributed by atoms with Crippen LogP contribution in [0, 0.1) is 18.3 Å². The number of cyclic esters (lactones) is 1. The van der Waals surface area contributed by atoms with Gasteiger partial charge in [0.15, 0.2) is 12.1 Å². The molecule has 122 valence electrons. The molecule has 3 rings (SSSR count). The number of amides is 1. The zero-order valence-electron chi connectivity index (χ0n) is 12.9. The summed E-state index contributed by atoms with van der Waals surface area (Å²) in [5, 5.41) is 2.79. The molecule has 3 aliphatic rings. The van der Waals surface area contributed by atoms with Crippen molar-refractivity contribution in [3.8, 4) is 12.3 Å². The molecular weight excluding hydrogens is 290 g/mol. The molecule has 1 N–H and O–H groups in total. The van der Waals surface area contributed by atoms with E-state index in [0.29, 0.717) is 6.42 Å². The van der Waals surface area contributed by atoms with Gasteiger partial charge in [-0.05, 0) is 13.8 Å². The van der Waals surface area contributed by atoms with Crippen LogP contribution in [0.1, 0.15) is 20.3 Å². The minimum absolute atomic E-state index is 0.0443. The van der Waals surface area contributed by atoms with Crippen molar-refractivity contribution in [2.75, 3.05) is 13.7 Å². The lowest BCUT2D eigenvalue weighted by atomic mass is 9.89. The fourth-order valence-electron chi connectivity index (χ4n) is 3.33. The standard InChI is InChI=1S/C15H21NO6/c1-5-6-8-7-19-14(17)16-9(8)10-11(18-4)12-13(20-10)22-15(2,3)21-12/h1,8-13H,6-7H2,2-4H3,(H,16,17)/t8-,9+,10-,11+,12-,13-/m1/s1. The minimum atomic E-state index is -0.714. The van der Waals surface area contributed by atoms with Gasteiger partial charge in [0.2, 0.25) is 0 Å². The topological polar surface area (TPSA) is 75.3 Å². The lowest BCUT2D eigenvalue weighted by molar-refractivity contribution is -0.222. The molecule has 0 bridgehead atoms. The van der Waals surface area contributed by atoms with Crippen LogP contribution in [0.4, 0.5) is 4.79 Å². The number of rotatable bonds is 3. The molecular formula is C15H21NO6. The number of hydrogen-bond acceptors (Lipinski definition) is 6. The Hall–Kier alpha value is -1.33. The van der Waals surface area contributed by atoms with Gasteiger partial charge in [0, 0.05) is 19.4 Å². The van der Waals surface area contributed by atoms with Crippen LogP contribution in [0.25, 0.3) is 0 Å². The van der Waals surface area contributed by atoms with E-state index in [-0.39, 0.29) is 30.8 Å². The maximum absolute atomic E-state index is 11.6. The van der Waals surface area contributed by atoms with Crippen LogP contribution in [0.2, 0.25) is 0 Å². The van der Waals surface area contributed by atoms with Gasteiger partial charge in [-0.25, -0.2) is 4.79 Å². The average molecular weight is 311 g/mol. The zero-order valence-corrected chi connectivity index (χ0v) is 12.9. The monoisotopic (exact) mass is 311 g/mol. The Balaban J connectivity index is 1.79. The van der Waals surface area contributed by atoms with Crippen molar-refractivity contribution >= 4 is 6.09 Å². The van der Waals surface area contributed by atoms with Crippen molar-refractivity contribution in [3.63, 3.8) is 0 Å². The van der Waals surface area contributed by atoms with E-state index in [1.54, 1.807) is 7.11 Å². The van der Waals surface area contributed by atoms with E-state index in [2.05, 4.69) is 11.2 Å². The molecule has 0 aromatic carbocycles. The fraction of sp³-hybridized carbons (Fsp3) is 0.800. The smallest absolute Gasteiger partial charge is 0.407 e. The first-order chi connectivity index (χ1) is 10.4. The van der Waals surface area contributed by atoms with Crippen LogP contribution < -0.4 is 5.32 Å². The molecule has 22 heavy (non-hydrogen) atoms. The maximum atomic E-state index is 11.6. The van der Waals surface area contributed by atoms with Crippen molar-refractivity contribution in [2.45, 2.75) is 56.7 Å². The summed E-state index contributed by atoms with van der Waals surface area (Å²) in [5.74, 6) is 1.85. The highest BCUT2D eigenvalue weighted by atomic mass is 16.8. The Bertz CT molecular complexity index is 487. The van der Waals surface area contributed by atoms with E-state index in [4.69, 9.17) is 30.1 Å². The number of ether oxygens (including phenoxy) is 5. The van der Waals surface area contributed by atoms with Crippen LogP contribution in [0.5, 0.6) is 0 Å². The zero-order chi connectivity index (χ0) is 15.9. The molecule has 0 unspecified atom stereocenters. The predicted octanol–water partition coefficient (Wildman–Crippen LogP) is 0.626. The highest BCUT2D eigenvalue weighted by molar-refractivity contribution is 5.68. The Labute approximate surface area is 129 Å². The van der Waals surface area contributed by atoms with Gasteiger partial charge in [-0.1, -0.05) is 0 Å². The summed E-state index contributed by atoms with van der Waals surface area (Å²) in [5.41, 5.74) is 0. The van der Waals surface area contributed by atoms with Crippen LogP contribution in [0.15, 0.2) is 0 Å². The summed E-state index contributed by atoms with van der Waals surface area (Å²) in [6.45, 7) is 3.92. The summed E-state index contributed by atoms with van der Waals surface area (Å²) in [6.07, 6.45) is 3.80. The molecule has 3 heterocycles. The quantitative estimate of drug-likeness (QED) is 0.770. The van der Waals surface area contributed by atoms with Crippen LogP contribution in [0.3, 0.4) is 0 Å². The molecule has 3 aliphatic heterocycles. The molecule has 1 amide bonds. The number of terminal acetylenes is 1. The van der Waals surface area contributed by atoms with Gasteiger partial charge in [0.1, 0.15) is 18.3 Å². The van der Waals surface area contributed by atoms with E-state index < -0.39 is 24.3 Å². The lowest BCUT2D eigenvalue weighted by Crippen LogP contribution is -2.57. The van der Waals surface area contributed by atoms with Gasteiger partial charge in [0.05, 0.1) is 12.6 Å². The number of carbonyl (C=O) groups is 1. The predicted molar refractivity (Wildman–Crippen MR) is 74.7 cm³/mol. The Morgan fingerprint density at radius 1 is 1.41 bits per heavy atom. The Kier molecular flexibility index (Phi) is 4.03. The van der Waals surface area contributed by atoms with E-state index in [0.717, 1.165) is 0 Å². The summed E-state index contributed by atoms with van der Waals surface area (Å²) in [6, 6.07) is -0.303. The maximum Gasteiger partial charge on any atom is 0.407 e. The highest BCUT2D eigenvalue weighted by Gasteiger charge is 2.58. The second-order valence-corrected chi connectivity index (χ2v) is 6.21. The van der Waals surface area contributed by atoms with Crippen LogP contribution in [-0.4, -0.2) is 56.2 Å². The fourth-order valence-corrected chi connectivity index (χ4v) is 3.33. The van der Waals surface area contributed by atoms with E-state index in [1.807, 2.05) is 13.8 Å². The van der Waals surface area contributed by atoms with Gasteiger partial charge >= 0.3 is 6.09 Å². The van der Waals surface area contributed by atoms with Gasteiger partial charge in [0.25, 0.3) is 0 Å². The number of carbonyl (C=O) groups excluding carboxylic acids is 1. The Morgan fingerprint density at radius 2 is 2.18 bits per heavy atom. The first kappa shape index (κ1) is 15.6. The third-order valence-corrected chi connectivity index (χ3v) is 4.25. The number of alkyl carbamates (subject to hydrolysis) is 1. The van der Waals surface area contributed by atoms with Crippen molar-refractivity contribution in [2.24, 2.45) is 5.92 Å². The highest BCUT2D eigenvalue weighted by Crippen LogP contribution is 2.40. The van der Waals surface area contributed by atoms with Gasteiger partial charge in [-0.15, -0.1) is 12.3 Å². The second-order valence-electron chi connectivity index (χ2n) is 6.21. The third kappa shape index (κ3) is 2.68. The first-order valence-corrected chi connectivity index (χ1v) is 7.36. The SMILES string of the molecule is C#CC[C@@H]1COC(=O)N[C@@H]1[C@H]1O[C@@H]2OC(C)(C)O[C@@H]2[C@H]1OC. The van der Waals surface area contributed by atoms with Gasteiger partial charge in [-0.2, -0.15) is 0 Å². The molecule has 3 saturated heterocycles. The summed E-state index contributed by atoms with van der Waals surface area (Å²) in [4.78, 5) is 11.6. The number of hydrogen-bond donors (Lipinski definition) is 1. The summed E-state index contributed by atoms with van der Waals surface area (Å²) < 4.78 is 28.2. The lowest BCUT2D eigenvalue weighted by Gasteiger charge is -2.37. The molecule has 0 aromatic rings. The molecule has 7 heteroatoms. The van der Waals surface area contributed by atoms with E-state index in [9.17, 15) is 4.79 Å². The second kappa shape index (κ2) is 5.70. The largest absolute Gasteiger partial charge is 0.449 e. The van der Waals surface area contributed by atoms with E-state index >= 15 is 0 Å². The van der Waals surface area contributed by atoms with Crippen molar-refractivity contribution in [3.05, 3.63) is 0 Å². The normalized spacial score (nSPS) is 43.1. The Morgan fingerprint density at radius 3 is 2.86 bits per heavy atom. The van der Waals surface area contributed by atoms with Crippen molar-refractivity contribution in [1.29, 1.82) is 0 Å². The third-order valence-electron chi connectivity index (χ3n) is 4.25. The molecule has 0 spiro atoms.